The van der Waals surface area contributed by atoms with Gasteiger partial charge in [0.05, 0.1) is 11.2 Å². The van der Waals surface area contributed by atoms with Crippen molar-refractivity contribution in [2.75, 3.05) is 11.4 Å². The van der Waals surface area contributed by atoms with Crippen LogP contribution in [0.1, 0.15) is 43.9 Å². The van der Waals surface area contributed by atoms with Crippen LogP contribution in [0.2, 0.25) is 0 Å². The summed E-state index contributed by atoms with van der Waals surface area (Å²) in [6.45, 7) is 7.03. The first-order valence-electron chi connectivity index (χ1n) is 13.6. The molecular formula is C32H31N3O7S. The molecule has 4 amide bonds. The maximum atomic E-state index is 13.8. The Labute approximate surface area is 251 Å². The first-order chi connectivity index (χ1) is 20.5. The summed E-state index contributed by atoms with van der Waals surface area (Å²) in [5, 5.41) is 19.6. The number of likely N-dealkylation sites (N-methyl/N-ethyl adjacent to an activating group) is 1. The predicted octanol–water partition coefficient (Wildman–Crippen LogP) is 4.77. The quantitative estimate of drug-likeness (QED) is 0.169. The van der Waals surface area contributed by atoms with Gasteiger partial charge in [-0.3, -0.25) is 14.5 Å². The fourth-order valence-corrected chi connectivity index (χ4v) is 6.10. The number of hydrogen-bond acceptors (Lipinski definition) is 7. The molecule has 1 aromatic heterocycles. The third-order valence-electron chi connectivity index (χ3n) is 7.41. The molecule has 0 spiro atoms. The number of benzene rings is 3. The molecule has 1 aliphatic heterocycles. The molecule has 0 bridgehead atoms. The molecule has 222 valence electrons. The Morgan fingerprint density at radius 2 is 1.53 bits per heavy atom. The summed E-state index contributed by atoms with van der Waals surface area (Å²) in [7, 11) is 0. The maximum absolute atomic E-state index is 13.8. The minimum absolute atomic E-state index is 0.0236. The van der Waals surface area contributed by atoms with Crippen LogP contribution in [0.4, 0.5) is 10.5 Å². The molecule has 1 saturated heterocycles. The normalized spacial score (nSPS) is 16.1. The Morgan fingerprint density at radius 3 is 2.16 bits per heavy atom. The van der Waals surface area contributed by atoms with E-state index in [9.17, 15) is 28.8 Å². The summed E-state index contributed by atoms with van der Waals surface area (Å²) < 4.78 is 21.2. The van der Waals surface area contributed by atoms with Gasteiger partial charge in [-0.1, -0.05) is 48.5 Å². The SMILES string of the molecule is CCN1C(=O)C(=Cc2c(C)n(C(C)(C)S(=O)Oc3ccccc3)c3ccccc23)C(=O)N(c2ccc(C(O)O)cc2)C1=O. The molecule has 1 unspecified atom stereocenters. The van der Waals surface area contributed by atoms with E-state index in [2.05, 4.69) is 0 Å². The number of aliphatic hydroxyl groups is 2. The van der Waals surface area contributed by atoms with Gasteiger partial charge >= 0.3 is 6.03 Å². The van der Waals surface area contributed by atoms with Crippen LogP contribution in [-0.2, 0) is 25.5 Å². The number of anilines is 1. The van der Waals surface area contributed by atoms with Gasteiger partial charge in [-0.25, -0.2) is 13.9 Å². The van der Waals surface area contributed by atoms with Crippen LogP contribution < -0.4 is 9.08 Å². The summed E-state index contributed by atoms with van der Waals surface area (Å²) in [5.41, 5.74) is 2.04. The number of para-hydroxylation sites is 2. The van der Waals surface area contributed by atoms with Crippen molar-refractivity contribution < 1.29 is 33.0 Å². The van der Waals surface area contributed by atoms with E-state index in [0.717, 1.165) is 15.3 Å². The summed E-state index contributed by atoms with van der Waals surface area (Å²) in [4.78, 5) is 41.4. The number of aliphatic hydroxyl groups excluding tert-OH is 1. The molecule has 11 heteroatoms. The summed E-state index contributed by atoms with van der Waals surface area (Å²) in [6, 6.07) is 21.0. The maximum Gasteiger partial charge on any atom is 0.338 e. The smallest absolute Gasteiger partial charge is 0.338 e. The van der Waals surface area contributed by atoms with Gasteiger partial charge in [0.1, 0.15) is 11.3 Å². The number of fused-ring (bicyclic) bond motifs is 1. The monoisotopic (exact) mass is 601 g/mol. The zero-order valence-corrected chi connectivity index (χ0v) is 24.9. The number of hydrogen-bond donors (Lipinski definition) is 2. The highest BCUT2D eigenvalue weighted by molar-refractivity contribution is 7.81. The molecule has 1 aliphatic rings. The Kier molecular flexibility index (Phi) is 8.06. The number of barbiturate groups is 1. The van der Waals surface area contributed by atoms with Crippen molar-refractivity contribution in [3.63, 3.8) is 0 Å². The Balaban J connectivity index is 1.62. The van der Waals surface area contributed by atoms with E-state index in [-0.39, 0.29) is 23.4 Å². The molecule has 3 aromatic carbocycles. The fraction of sp³-hybridized carbons (Fsp3) is 0.219. The highest BCUT2D eigenvalue weighted by atomic mass is 32.2. The van der Waals surface area contributed by atoms with E-state index in [1.165, 1.54) is 30.3 Å². The molecule has 1 fully saturated rings. The lowest BCUT2D eigenvalue weighted by molar-refractivity contribution is -0.128. The Bertz CT molecular complexity index is 1780. The predicted molar refractivity (Wildman–Crippen MR) is 163 cm³/mol. The number of urea groups is 1. The number of imide groups is 2. The van der Waals surface area contributed by atoms with Crippen molar-refractivity contribution in [2.24, 2.45) is 0 Å². The highest BCUT2D eigenvalue weighted by Crippen LogP contribution is 2.36. The number of nitrogens with zero attached hydrogens (tertiary/aromatic N) is 3. The first-order valence-corrected chi connectivity index (χ1v) is 14.7. The van der Waals surface area contributed by atoms with Gasteiger partial charge in [-0.05, 0) is 64.1 Å². The molecule has 0 aliphatic carbocycles. The van der Waals surface area contributed by atoms with E-state index in [0.29, 0.717) is 22.4 Å². The second-order valence-corrected chi connectivity index (χ2v) is 12.1. The fourth-order valence-electron chi connectivity index (χ4n) is 5.23. The lowest BCUT2D eigenvalue weighted by Crippen LogP contribution is -2.56. The molecule has 43 heavy (non-hydrogen) atoms. The van der Waals surface area contributed by atoms with Gasteiger partial charge in [0, 0.05) is 28.8 Å². The number of aromatic nitrogens is 1. The molecule has 10 nitrogen and oxygen atoms in total. The third kappa shape index (κ3) is 5.27. The topological polar surface area (TPSA) is 129 Å². The second-order valence-electron chi connectivity index (χ2n) is 10.4. The number of rotatable bonds is 8. The summed E-state index contributed by atoms with van der Waals surface area (Å²) in [5.74, 6) is -1.10. The van der Waals surface area contributed by atoms with Gasteiger partial charge in [0.2, 0.25) is 11.1 Å². The van der Waals surface area contributed by atoms with Crippen molar-refractivity contribution >= 4 is 51.6 Å². The van der Waals surface area contributed by atoms with Gasteiger partial charge in [0.15, 0.2) is 11.2 Å². The van der Waals surface area contributed by atoms with Crippen LogP contribution in [-0.4, -0.2) is 48.3 Å². The van der Waals surface area contributed by atoms with Crippen molar-refractivity contribution in [3.05, 3.63) is 101 Å². The van der Waals surface area contributed by atoms with Crippen LogP contribution in [0.3, 0.4) is 0 Å². The molecule has 1 atom stereocenters. The van der Waals surface area contributed by atoms with Crippen molar-refractivity contribution in [1.82, 2.24) is 9.47 Å². The largest absolute Gasteiger partial charge is 0.399 e. The van der Waals surface area contributed by atoms with Crippen molar-refractivity contribution in [3.8, 4) is 5.75 Å². The van der Waals surface area contributed by atoms with Crippen LogP contribution in [0, 0.1) is 6.92 Å². The molecular weight excluding hydrogens is 570 g/mol. The van der Waals surface area contributed by atoms with Crippen LogP contribution >= 0.6 is 0 Å². The Hall–Kier alpha value is -4.58. The van der Waals surface area contributed by atoms with Crippen molar-refractivity contribution in [2.45, 2.75) is 38.9 Å². The van der Waals surface area contributed by atoms with Gasteiger partial charge in [-0.15, -0.1) is 0 Å². The second kappa shape index (κ2) is 11.6. The van der Waals surface area contributed by atoms with Crippen LogP contribution in [0.15, 0.2) is 84.4 Å². The molecule has 2 N–H and O–H groups in total. The summed E-state index contributed by atoms with van der Waals surface area (Å²) in [6.07, 6.45) is -0.243. The first kappa shape index (κ1) is 29.9. The minimum Gasteiger partial charge on any atom is -0.399 e. The molecule has 5 rings (SSSR count). The number of carbonyl (C=O) groups excluding carboxylic acids is 3. The summed E-state index contributed by atoms with van der Waals surface area (Å²) >= 11 is -1.84. The van der Waals surface area contributed by atoms with E-state index in [1.54, 1.807) is 45.0 Å². The van der Waals surface area contributed by atoms with Gasteiger partial charge < -0.3 is 19.0 Å². The van der Waals surface area contributed by atoms with Gasteiger partial charge in [0.25, 0.3) is 11.8 Å². The lowest BCUT2D eigenvalue weighted by atomic mass is 10.0. The Morgan fingerprint density at radius 1 is 0.907 bits per heavy atom. The van der Waals surface area contributed by atoms with E-state index >= 15 is 0 Å². The zero-order valence-electron chi connectivity index (χ0n) is 24.1. The third-order valence-corrected chi connectivity index (χ3v) is 8.75. The number of amides is 4. The average molecular weight is 602 g/mol. The molecule has 0 radical (unpaired) electrons. The van der Waals surface area contributed by atoms with E-state index < -0.39 is 40.1 Å². The van der Waals surface area contributed by atoms with Crippen molar-refractivity contribution in [1.29, 1.82) is 0 Å². The molecule has 2 heterocycles. The number of carbonyl (C=O) groups is 3. The van der Waals surface area contributed by atoms with E-state index in [4.69, 9.17) is 4.18 Å². The zero-order chi connectivity index (χ0) is 31.1. The lowest BCUT2D eigenvalue weighted by Gasteiger charge is -2.33. The van der Waals surface area contributed by atoms with E-state index in [1.807, 2.05) is 41.8 Å². The molecule has 4 aromatic rings. The highest BCUT2D eigenvalue weighted by Gasteiger charge is 2.43. The van der Waals surface area contributed by atoms with Crippen LogP contribution in [0.25, 0.3) is 17.0 Å². The molecule has 0 saturated carbocycles. The standard InChI is InChI=1S/C32H31N3O7S/c1-5-33-28(36)26(29(37)34(31(33)40)22-17-15-21(16-18-22)30(38)39)19-25-20(2)35(27-14-10-9-13-24(25)27)32(3,4)43(41)42-23-11-7-6-8-12-23/h6-19,30,38-39H,5H2,1-4H3. The minimum atomic E-state index is -1.84. The van der Waals surface area contributed by atoms with Crippen LogP contribution in [0.5, 0.6) is 5.75 Å². The average Bonchev–Trinajstić information content (AvgIpc) is 3.27. The van der Waals surface area contributed by atoms with Gasteiger partial charge in [-0.2, -0.15) is 0 Å².